The minimum atomic E-state index is -3.56. The first-order valence-corrected chi connectivity index (χ1v) is 10.9. The SMILES string of the molecule is Cc1ccc(C)c(S(=O)(=O)N2CCC[C@H]2c2ccc3c(c2)OCCCO3)c1. The molecule has 2 aliphatic rings. The predicted molar refractivity (Wildman–Crippen MR) is 104 cm³/mol. The van der Waals surface area contributed by atoms with Gasteiger partial charge in [-0.05, 0) is 61.6 Å². The second kappa shape index (κ2) is 7.17. The maximum atomic E-state index is 13.4. The molecule has 2 aromatic carbocycles. The maximum absolute atomic E-state index is 13.4. The summed E-state index contributed by atoms with van der Waals surface area (Å²) in [5.41, 5.74) is 2.70. The van der Waals surface area contributed by atoms with Gasteiger partial charge in [-0.15, -0.1) is 0 Å². The Hall–Kier alpha value is -2.05. The summed E-state index contributed by atoms with van der Waals surface area (Å²) >= 11 is 0. The number of sulfonamides is 1. The van der Waals surface area contributed by atoms with Crippen molar-refractivity contribution in [3.05, 3.63) is 53.1 Å². The van der Waals surface area contributed by atoms with Crippen molar-refractivity contribution in [3.8, 4) is 11.5 Å². The summed E-state index contributed by atoms with van der Waals surface area (Å²) in [5.74, 6) is 1.44. The Morgan fingerprint density at radius 3 is 2.56 bits per heavy atom. The Bertz CT molecular complexity index is 955. The van der Waals surface area contributed by atoms with Crippen LogP contribution >= 0.6 is 0 Å². The van der Waals surface area contributed by atoms with Gasteiger partial charge in [0.15, 0.2) is 11.5 Å². The first-order chi connectivity index (χ1) is 13.0. The van der Waals surface area contributed by atoms with Crippen LogP contribution in [0, 0.1) is 13.8 Å². The maximum Gasteiger partial charge on any atom is 0.243 e. The van der Waals surface area contributed by atoms with Crippen LogP contribution in [-0.2, 0) is 10.0 Å². The molecule has 0 amide bonds. The standard InChI is InChI=1S/C21H25NO4S/c1-15-6-7-16(2)21(13-15)27(23,24)22-10-3-5-18(22)17-8-9-19-20(14-17)26-12-4-11-25-19/h6-9,13-14,18H,3-5,10-12H2,1-2H3/t18-/m0/s1. The molecule has 2 aliphatic heterocycles. The van der Waals surface area contributed by atoms with E-state index >= 15 is 0 Å². The first-order valence-electron chi connectivity index (χ1n) is 9.45. The number of aryl methyl sites for hydroxylation is 2. The Balaban J connectivity index is 1.70. The number of rotatable bonds is 3. The van der Waals surface area contributed by atoms with Gasteiger partial charge < -0.3 is 9.47 Å². The van der Waals surface area contributed by atoms with Crippen molar-refractivity contribution in [1.82, 2.24) is 4.31 Å². The van der Waals surface area contributed by atoms with Crippen LogP contribution in [0.5, 0.6) is 11.5 Å². The Labute approximate surface area is 161 Å². The molecule has 27 heavy (non-hydrogen) atoms. The first kappa shape index (κ1) is 18.3. The number of ether oxygens (including phenoxy) is 2. The minimum Gasteiger partial charge on any atom is -0.490 e. The van der Waals surface area contributed by atoms with Gasteiger partial charge in [-0.1, -0.05) is 18.2 Å². The molecule has 1 atom stereocenters. The summed E-state index contributed by atoms with van der Waals surface area (Å²) in [6, 6.07) is 11.2. The summed E-state index contributed by atoms with van der Waals surface area (Å²) < 4.78 is 40.0. The number of fused-ring (bicyclic) bond motifs is 1. The third-order valence-electron chi connectivity index (χ3n) is 5.29. The molecule has 144 valence electrons. The van der Waals surface area contributed by atoms with Gasteiger partial charge in [-0.2, -0.15) is 4.31 Å². The van der Waals surface area contributed by atoms with Crippen molar-refractivity contribution in [2.45, 2.75) is 44.0 Å². The van der Waals surface area contributed by atoms with E-state index in [9.17, 15) is 8.42 Å². The average molecular weight is 388 g/mol. The lowest BCUT2D eigenvalue weighted by molar-refractivity contribution is 0.296. The van der Waals surface area contributed by atoms with E-state index in [1.165, 1.54) is 0 Å². The van der Waals surface area contributed by atoms with Gasteiger partial charge in [0.2, 0.25) is 10.0 Å². The van der Waals surface area contributed by atoms with E-state index in [0.717, 1.165) is 41.7 Å². The van der Waals surface area contributed by atoms with Gasteiger partial charge in [0, 0.05) is 13.0 Å². The quantitative estimate of drug-likeness (QED) is 0.799. The zero-order chi connectivity index (χ0) is 19.0. The molecule has 0 unspecified atom stereocenters. The van der Waals surface area contributed by atoms with Crippen molar-refractivity contribution >= 4 is 10.0 Å². The van der Waals surface area contributed by atoms with Crippen LogP contribution in [0.25, 0.3) is 0 Å². The molecule has 4 rings (SSSR count). The zero-order valence-electron chi connectivity index (χ0n) is 15.8. The second-order valence-corrected chi connectivity index (χ2v) is 9.16. The molecule has 1 fully saturated rings. The lowest BCUT2D eigenvalue weighted by atomic mass is 10.0. The van der Waals surface area contributed by atoms with E-state index < -0.39 is 10.0 Å². The molecule has 1 saturated heterocycles. The fourth-order valence-corrected chi connectivity index (χ4v) is 5.85. The topological polar surface area (TPSA) is 55.8 Å². The second-order valence-electron chi connectivity index (χ2n) is 7.30. The number of hydrogen-bond acceptors (Lipinski definition) is 4. The van der Waals surface area contributed by atoms with Crippen LogP contribution in [0.4, 0.5) is 0 Å². The third kappa shape index (κ3) is 3.44. The van der Waals surface area contributed by atoms with Crippen LogP contribution in [0.2, 0.25) is 0 Å². The Morgan fingerprint density at radius 2 is 1.74 bits per heavy atom. The van der Waals surface area contributed by atoms with Gasteiger partial charge in [0.25, 0.3) is 0 Å². The molecule has 0 N–H and O–H groups in total. The summed E-state index contributed by atoms with van der Waals surface area (Å²) in [4.78, 5) is 0.406. The van der Waals surface area contributed by atoms with Gasteiger partial charge in [-0.3, -0.25) is 0 Å². The van der Waals surface area contributed by atoms with Crippen molar-refractivity contribution in [3.63, 3.8) is 0 Å². The lowest BCUT2D eigenvalue weighted by Crippen LogP contribution is -2.31. The van der Waals surface area contributed by atoms with E-state index in [2.05, 4.69) is 0 Å². The lowest BCUT2D eigenvalue weighted by Gasteiger charge is -2.26. The molecule has 2 heterocycles. The van der Waals surface area contributed by atoms with Gasteiger partial charge in [-0.25, -0.2) is 8.42 Å². The van der Waals surface area contributed by atoms with Gasteiger partial charge >= 0.3 is 0 Å². The van der Waals surface area contributed by atoms with Crippen molar-refractivity contribution < 1.29 is 17.9 Å². The van der Waals surface area contributed by atoms with E-state index in [4.69, 9.17) is 9.47 Å². The highest BCUT2D eigenvalue weighted by atomic mass is 32.2. The smallest absolute Gasteiger partial charge is 0.243 e. The molecule has 0 aliphatic carbocycles. The molecule has 0 aromatic heterocycles. The Kier molecular flexibility index (Phi) is 4.86. The number of benzene rings is 2. The van der Waals surface area contributed by atoms with Crippen LogP contribution in [0.3, 0.4) is 0 Å². The molecule has 0 spiro atoms. The molecule has 0 bridgehead atoms. The van der Waals surface area contributed by atoms with Crippen molar-refractivity contribution in [1.29, 1.82) is 0 Å². The normalized spacial score (nSPS) is 20.4. The van der Waals surface area contributed by atoms with E-state index in [1.54, 1.807) is 10.4 Å². The largest absolute Gasteiger partial charge is 0.490 e. The van der Waals surface area contributed by atoms with Crippen LogP contribution < -0.4 is 9.47 Å². The highest BCUT2D eigenvalue weighted by molar-refractivity contribution is 7.89. The van der Waals surface area contributed by atoms with Crippen molar-refractivity contribution in [2.75, 3.05) is 19.8 Å². The minimum absolute atomic E-state index is 0.174. The summed E-state index contributed by atoms with van der Waals surface area (Å²) in [6.45, 7) is 5.57. The monoisotopic (exact) mass is 387 g/mol. The molecule has 6 heteroatoms. The van der Waals surface area contributed by atoms with E-state index in [0.29, 0.717) is 30.4 Å². The number of hydrogen-bond donors (Lipinski definition) is 0. The summed E-state index contributed by atoms with van der Waals surface area (Å²) in [5, 5.41) is 0. The molecule has 2 aromatic rings. The summed E-state index contributed by atoms with van der Waals surface area (Å²) in [6.07, 6.45) is 2.51. The third-order valence-corrected chi connectivity index (χ3v) is 7.34. The fraction of sp³-hybridized carbons (Fsp3) is 0.429. The van der Waals surface area contributed by atoms with Crippen LogP contribution in [0.15, 0.2) is 41.3 Å². The average Bonchev–Trinajstić information content (AvgIpc) is 3.03. The molecule has 0 saturated carbocycles. The van der Waals surface area contributed by atoms with Gasteiger partial charge in [0.1, 0.15) is 0 Å². The zero-order valence-corrected chi connectivity index (χ0v) is 16.6. The highest BCUT2D eigenvalue weighted by Crippen LogP contribution is 2.40. The van der Waals surface area contributed by atoms with E-state index in [1.807, 2.05) is 44.2 Å². The molecular formula is C21H25NO4S. The predicted octanol–water partition coefficient (Wildman–Crippen LogP) is 3.99. The van der Waals surface area contributed by atoms with E-state index in [-0.39, 0.29) is 6.04 Å². The van der Waals surface area contributed by atoms with Crippen LogP contribution in [0.1, 0.15) is 42.0 Å². The molecular weight excluding hydrogens is 362 g/mol. The number of nitrogens with zero attached hydrogens (tertiary/aromatic N) is 1. The highest BCUT2D eigenvalue weighted by Gasteiger charge is 2.37. The van der Waals surface area contributed by atoms with Crippen LogP contribution in [-0.4, -0.2) is 32.5 Å². The molecule has 5 nitrogen and oxygen atoms in total. The van der Waals surface area contributed by atoms with Gasteiger partial charge in [0.05, 0.1) is 24.2 Å². The molecule has 0 radical (unpaired) electrons. The fourth-order valence-electron chi connectivity index (χ4n) is 3.86. The summed E-state index contributed by atoms with van der Waals surface area (Å²) in [7, 11) is -3.56. The Morgan fingerprint density at radius 1 is 0.963 bits per heavy atom. The van der Waals surface area contributed by atoms with Crippen molar-refractivity contribution in [2.24, 2.45) is 0 Å².